The number of benzene rings is 1. The van der Waals surface area contributed by atoms with Crippen molar-refractivity contribution in [3.63, 3.8) is 0 Å². The van der Waals surface area contributed by atoms with Gasteiger partial charge in [0, 0.05) is 31.7 Å². The Morgan fingerprint density at radius 1 is 1.04 bits per heavy atom. The lowest BCUT2D eigenvalue weighted by molar-refractivity contribution is -0.142. The minimum absolute atomic E-state index is 0.0311. The molecule has 1 saturated carbocycles. The summed E-state index contributed by atoms with van der Waals surface area (Å²) in [6, 6.07) is 6.76. The van der Waals surface area contributed by atoms with Crippen LogP contribution in [0.1, 0.15) is 38.5 Å². The van der Waals surface area contributed by atoms with E-state index in [0.717, 1.165) is 51.6 Å². The highest BCUT2D eigenvalue weighted by Crippen LogP contribution is 2.34. The van der Waals surface area contributed by atoms with Gasteiger partial charge in [0.1, 0.15) is 5.75 Å². The first-order valence-electron chi connectivity index (χ1n) is 9.98. The first-order chi connectivity index (χ1) is 13.5. The largest absolute Gasteiger partial charge is 0.482 e. The second kappa shape index (κ2) is 9.08. The molecule has 0 bridgehead atoms. The van der Waals surface area contributed by atoms with Crippen LogP contribution in [0.4, 0.5) is 5.69 Å². The van der Waals surface area contributed by atoms with E-state index in [0.29, 0.717) is 11.4 Å². The van der Waals surface area contributed by atoms with Gasteiger partial charge >= 0.3 is 5.97 Å². The number of aliphatic carboxylic acids is 1. The van der Waals surface area contributed by atoms with Gasteiger partial charge in [0.15, 0.2) is 6.61 Å². The molecule has 1 aromatic rings. The summed E-state index contributed by atoms with van der Waals surface area (Å²) >= 11 is 0. The standard InChI is InChI=1S/C21H28N2O5/c1-22(15-8-10-16(11-9-15)28-14-19(24)25)20(26)17-6-2-3-7-18(17)21(27)23-12-4-5-13-23/h8-11,17-18H,2-7,12-14H2,1H3,(H,24,25). The predicted molar refractivity (Wildman–Crippen MR) is 104 cm³/mol. The first-order valence-corrected chi connectivity index (χ1v) is 9.98. The van der Waals surface area contributed by atoms with Gasteiger partial charge < -0.3 is 19.6 Å². The third-order valence-corrected chi connectivity index (χ3v) is 5.73. The van der Waals surface area contributed by atoms with E-state index in [1.165, 1.54) is 0 Å². The highest BCUT2D eigenvalue weighted by atomic mass is 16.5. The van der Waals surface area contributed by atoms with E-state index in [1.807, 2.05) is 4.90 Å². The van der Waals surface area contributed by atoms with Crippen LogP contribution in [0.2, 0.25) is 0 Å². The number of nitrogens with zero attached hydrogens (tertiary/aromatic N) is 2. The number of carboxylic acids is 1. The van der Waals surface area contributed by atoms with Gasteiger partial charge in [0.2, 0.25) is 11.8 Å². The molecule has 3 rings (SSSR count). The maximum Gasteiger partial charge on any atom is 0.341 e. The molecule has 2 aliphatic rings. The van der Waals surface area contributed by atoms with E-state index >= 15 is 0 Å². The number of hydrogen-bond acceptors (Lipinski definition) is 4. The fourth-order valence-corrected chi connectivity index (χ4v) is 4.18. The lowest BCUT2D eigenvalue weighted by Crippen LogP contribution is -2.45. The third-order valence-electron chi connectivity index (χ3n) is 5.73. The molecule has 2 atom stereocenters. The van der Waals surface area contributed by atoms with Crippen molar-refractivity contribution in [1.29, 1.82) is 0 Å². The molecule has 1 N–H and O–H groups in total. The Morgan fingerprint density at radius 2 is 1.64 bits per heavy atom. The number of carbonyl (C=O) groups is 3. The van der Waals surface area contributed by atoms with E-state index < -0.39 is 12.6 Å². The molecule has 152 valence electrons. The third kappa shape index (κ3) is 4.64. The minimum atomic E-state index is -1.04. The molecule has 1 aromatic carbocycles. The van der Waals surface area contributed by atoms with Crippen molar-refractivity contribution < 1.29 is 24.2 Å². The summed E-state index contributed by atoms with van der Waals surface area (Å²) in [5.41, 5.74) is 0.700. The van der Waals surface area contributed by atoms with Crippen LogP contribution in [0.3, 0.4) is 0 Å². The Labute approximate surface area is 165 Å². The van der Waals surface area contributed by atoms with Crippen LogP contribution < -0.4 is 9.64 Å². The van der Waals surface area contributed by atoms with Gasteiger partial charge in [0.05, 0.1) is 5.92 Å². The molecule has 1 aliphatic heterocycles. The topological polar surface area (TPSA) is 87.2 Å². The van der Waals surface area contributed by atoms with E-state index in [-0.39, 0.29) is 23.7 Å². The lowest BCUT2D eigenvalue weighted by Gasteiger charge is -2.34. The normalized spacial score (nSPS) is 22.0. The van der Waals surface area contributed by atoms with Crippen LogP contribution in [-0.4, -0.2) is 54.5 Å². The van der Waals surface area contributed by atoms with E-state index in [4.69, 9.17) is 9.84 Å². The highest BCUT2D eigenvalue weighted by Gasteiger charge is 2.39. The van der Waals surface area contributed by atoms with E-state index in [9.17, 15) is 14.4 Å². The summed E-state index contributed by atoms with van der Waals surface area (Å²) in [6.07, 6.45) is 5.58. The van der Waals surface area contributed by atoms with Gasteiger partial charge in [-0.3, -0.25) is 9.59 Å². The molecule has 1 saturated heterocycles. The van der Waals surface area contributed by atoms with Gasteiger partial charge in [-0.25, -0.2) is 4.79 Å². The molecule has 1 heterocycles. The van der Waals surface area contributed by atoms with Gasteiger partial charge in [-0.1, -0.05) is 12.8 Å². The van der Waals surface area contributed by atoms with Gasteiger partial charge in [-0.2, -0.15) is 0 Å². The summed E-state index contributed by atoms with van der Waals surface area (Å²) in [4.78, 5) is 40.2. The van der Waals surface area contributed by atoms with Crippen LogP contribution in [0.5, 0.6) is 5.75 Å². The quantitative estimate of drug-likeness (QED) is 0.809. The fourth-order valence-electron chi connectivity index (χ4n) is 4.18. The Bertz CT molecular complexity index is 712. The molecule has 2 amide bonds. The zero-order chi connectivity index (χ0) is 20.1. The fraction of sp³-hybridized carbons (Fsp3) is 0.571. The Kier molecular flexibility index (Phi) is 6.54. The molecular weight excluding hydrogens is 360 g/mol. The predicted octanol–water partition coefficient (Wildman–Crippen LogP) is 2.54. The zero-order valence-corrected chi connectivity index (χ0v) is 16.3. The summed E-state index contributed by atoms with van der Waals surface area (Å²) in [7, 11) is 1.72. The summed E-state index contributed by atoms with van der Waals surface area (Å²) < 4.78 is 5.13. The number of ether oxygens (including phenoxy) is 1. The van der Waals surface area contributed by atoms with Crippen LogP contribution in [0.25, 0.3) is 0 Å². The Hall–Kier alpha value is -2.57. The molecule has 0 radical (unpaired) electrons. The SMILES string of the molecule is CN(C(=O)C1CCCCC1C(=O)N1CCCC1)c1ccc(OCC(=O)O)cc1. The van der Waals surface area contributed by atoms with Crippen molar-refractivity contribution in [3.05, 3.63) is 24.3 Å². The molecule has 1 aliphatic carbocycles. The minimum Gasteiger partial charge on any atom is -0.482 e. The molecule has 7 nitrogen and oxygen atoms in total. The van der Waals surface area contributed by atoms with Crippen molar-refractivity contribution in [2.24, 2.45) is 11.8 Å². The van der Waals surface area contributed by atoms with Crippen molar-refractivity contribution in [1.82, 2.24) is 4.90 Å². The highest BCUT2D eigenvalue weighted by molar-refractivity contribution is 5.97. The summed E-state index contributed by atoms with van der Waals surface area (Å²) in [6.45, 7) is 1.21. The molecule has 0 aromatic heterocycles. The number of carbonyl (C=O) groups excluding carboxylic acids is 2. The summed E-state index contributed by atoms with van der Waals surface area (Å²) in [5.74, 6) is -0.998. The number of hydrogen-bond donors (Lipinski definition) is 1. The monoisotopic (exact) mass is 388 g/mol. The van der Waals surface area contributed by atoms with Crippen LogP contribution >= 0.6 is 0 Å². The molecule has 2 fully saturated rings. The number of rotatable bonds is 6. The van der Waals surface area contributed by atoms with Crippen LogP contribution in [0, 0.1) is 11.8 Å². The van der Waals surface area contributed by atoms with Gasteiger partial charge in [0.25, 0.3) is 0 Å². The maximum absolute atomic E-state index is 13.2. The number of amides is 2. The molecule has 28 heavy (non-hydrogen) atoms. The van der Waals surface area contributed by atoms with Gasteiger partial charge in [-0.15, -0.1) is 0 Å². The van der Waals surface area contributed by atoms with Crippen molar-refractivity contribution >= 4 is 23.5 Å². The smallest absolute Gasteiger partial charge is 0.341 e. The average Bonchev–Trinajstić information content (AvgIpc) is 3.26. The Morgan fingerprint density at radius 3 is 2.25 bits per heavy atom. The maximum atomic E-state index is 13.2. The number of likely N-dealkylation sites (tertiary alicyclic amines) is 1. The molecule has 0 spiro atoms. The van der Waals surface area contributed by atoms with Gasteiger partial charge in [-0.05, 0) is 49.9 Å². The molecule has 7 heteroatoms. The average molecular weight is 388 g/mol. The second-order valence-corrected chi connectivity index (χ2v) is 7.60. The van der Waals surface area contributed by atoms with Crippen LogP contribution in [0.15, 0.2) is 24.3 Å². The van der Waals surface area contributed by atoms with E-state index in [1.54, 1.807) is 36.2 Å². The lowest BCUT2D eigenvalue weighted by atomic mass is 9.77. The first kappa shape index (κ1) is 20.2. The second-order valence-electron chi connectivity index (χ2n) is 7.60. The van der Waals surface area contributed by atoms with Crippen molar-refractivity contribution in [3.8, 4) is 5.75 Å². The van der Waals surface area contributed by atoms with E-state index in [2.05, 4.69) is 0 Å². The molecular formula is C21H28N2O5. The van der Waals surface area contributed by atoms with Crippen LogP contribution in [-0.2, 0) is 14.4 Å². The number of carboxylic acid groups (broad SMARTS) is 1. The van der Waals surface area contributed by atoms with Crippen molar-refractivity contribution in [2.75, 3.05) is 31.6 Å². The number of anilines is 1. The zero-order valence-electron chi connectivity index (χ0n) is 16.3. The molecule has 2 unspecified atom stereocenters. The van der Waals surface area contributed by atoms with Crippen molar-refractivity contribution in [2.45, 2.75) is 38.5 Å². The summed E-state index contributed by atoms with van der Waals surface area (Å²) in [5, 5.41) is 8.67. The Balaban J connectivity index is 1.68.